The van der Waals surface area contributed by atoms with Crippen LogP contribution < -0.4 is 23.8 Å². The summed E-state index contributed by atoms with van der Waals surface area (Å²) in [4.78, 5) is 36.3. The highest BCUT2D eigenvalue weighted by molar-refractivity contribution is 6.04. The number of methoxy groups -OCH3 is 2. The van der Waals surface area contributed by atoms with Crippen molar-refractivity contribution in [1.82, 2.24) is 9.80 Å². The lowest BCUT2D eigenvalue weighted by atomic mass is 10.1. The molecular weight excluding hydrogens is 588 g/mol. The van der Waals surface area contributed by atoms with Crippen LogP contribution in [0.15, 0.2) is 53.6 Å². The second kappa shape index (κ2) is 14.3. The number of rotatable bonds is 13. The maximum absolute atomic E-state index is 13.4. The number of aliphatic hydroxyl groups excluding tert-OH is 1. The normalized spacial score (nSPS) is 18.9. The summed E-state index contributed by atoms with van der Waals surface area (Å²) in [7, 11) is 4.86. The number of ether oxygens (including phenoxy) is 4. The number of carbonyl (C=O) groups excluding carboxylic acids is 2. The number of hydrogen-bond acceptors (Lipinski definition) is 9. The van der Waals surface area contributed by atoms with Crippen molar-refractivity contribution in [3.8, 4) is 23.0 Å². The number of hydrogen-bond donors (Lipinski definition) is 1. The number of fused-ring (bicyclic) bond motifs is 3. The number of β-amino-alcohol motifs (C(OH)–C–C–N with tert-alkyl or cyclic N) is 1. The summed E-state index contributed by atoms with van der Waals surface area (Å²) < 4.78 is 23.3. The van der Waals surface area contributed by atoms with Gasteiger partial charge in [0.1, 0.15) is 6.23 Å². The highest BCUT2D eigenvalue weighted by Crippen LogP contribution is 2.39. The van der Waals surface area contributed by atoms with Crippen molar-refractivity contribution >= 4 is 29.4 Å². The summed E-state index contributed by atoms with van der Waals surface area (Å²) in [5, 5.41) is 10.8. The van der Waals surface area contributed by atoms with E-state index in [-0.39, 0.29) is 24.4 Å². The van der Waals surface area contributed by atoms with Gasteiger partial charge in [0.25, 0.3) is 11.8 Å². The Morgan fingerprint density at radius 1 is 0.957 bits per heavy atom. The van der Waals surface area contributed by atoms with Crippen LogP contribution in [0.3, 0.4) is 0 Å². The lowest BCUT2D eigenvalue weighted by Crippen LogP contribution is -2.41. The van der Waals surface area contributed by atoms with Crippen LogP contribution in [0.5, 0.6) is 23.0 Å². The molecule has 246 valence electrons. The molecule has 46 heavy (non-hydrogen) atoms. The molecule has 2 aromatic rings. The average molecular weight is 633 g/mol. The number of nitrogens with zero attached hydrogens (tertiary/aromatic N) is 4. The van der Waals surface area contributed by atoms with E-state index in [1.54, 1.807) is 60.2 Å². The Bertz CT molecular complexity index is 1540. The van der Waals surface area contributed by atoms with Crippen LogP contribution in [0.2, 0.25) is 0 Å². The predicted molar refractivity (Wildman–Crippen MR) is 177 cm³/mol. The highest BCUT2D eigenvalue weighted by Gasteiger charge is 2.34. The number of anilines is 1. The van der Waals surface area contributed by atoms with Crippen LogP contribution in [0.4, 0.5) is 11.4 Å². The molecule has 3 aliphatic rings. The van der Waals surface area contributed by atoms with Crippen molar-refractivity contribution in [2.45, 2.75) is 51.3 Å². The van der Waals surface area contributed by atoms with E-state index < -0.39 is 6.23 Å². The smallest absolute Gasteiger partial charge is 0.257 e. The quantitative estimate of drug-likeness (QED) is 0.243. The second-order valence-electron chi connectivity index (χ2n) is 11.9. The Kier molecular flexibility index (Phi) is 10.2. The minimum Gasteiger partial charge on any atom is -0.493 e. The molecule has 0 saturated carbocycles. The minimum absolute atomic E-state index is 0.0764. The molecule has 5 rings (SSSR count). The molecule has 2 atom stereocenters. The first kappa shape index (κ1) is 32.9. The molecule has 0 aromatic heterocycles. The van der Waals surface area contributed by atoms with Crippen molar-refractivity contribution in [3.63, 3.8) is 0 Å². The number of benzene rings is 2. The van der Waals surface area contributed by atoms with Gasteiger partial charge in [-0.3, -0.25) is 14.6 Å². The van der Waals surface area contributed by atoms with E-state index in [0.29, 0.717) is 71.8 Å². The fraction of sp³-hybridized carbons (Fsp3) is 0.457. The molecule has 1 N–H and O–H groups in total. The van der Waals surface area contributed by atoms with Crippen molar-refractivity contribution in [1.29, 1.82) is 0 Å². The van der Waals surface area contributed by atoms with E-state index in [9.17, 15) is 14.7 Å². The van der Waals surface area contributed by atoms with Gasteiger partial charge < -0.3 is 38.8 Å². The fourth-order valence-corrected chi connectivity index (χ4v) is 5.89. The number of aliphatic imine (C=N–C) groups is 1. The van der Waals surface area contributed by atoms with E-state index in [0.717, 1.165) is 43.3 Å². The molecule has 0 radical (unpaired) electrons. The van der Waals surface area contributed by atoms with Gasteiger partial charge in [0, 0.05) is 38.5 Å². The topological polar surface area (TPSA) is 113 Å². The molecule has 1 saturated heterocycles. The number of unbranched alkanes of at least 4 members (excludes halogenated alkanes) is 2. The lowest BCUT2D eigenvalue weighted by molar-refractivity contribution is 0.0669. The van der Waals surface area contributed by atoms with Crippen molar-refractivity contribution in [2.75, 3.05) is 59.0 Å². The molecular formula is C35H44N4O7. The molecule has 1 fully saturated rings. The molecule has 2 unspecified atom stereocenters. The van der Waals surface area contributed by atoms with E-state index in [2.05, 4.69) is 18.2 Å². The van der Waals surface area contributed by atoms with Crippen LogP contribution in [0, 0.1) is 0 Å². The van der Waals surface area contributed by atoms with Gasteiger partial charge in [-0.15, -0.1) is 0 Å². The number of aliphatic hydroxyl groups is 1. The Labute approximate surface area is 270 Å². The van der Waals surface area contributed by atoms with Crippen molar-refractivity contribution < 1.29 is 33.6 Å². The third-order valence-electron chi connectivity index (χ3n) is 8.68. The second-order valence-corrected chi connectivity index (χ2v) is 11.9. The van der Waals surface area contributed by atoms with Gasteiger partial charge in [0.2, 0.25) is 0 Å². The van der Waals surface area contributed by atoms with Gasteiger partial charge in [-0.25, -0.2) is 0 Å². The molecule has 0 spiro atoms. The highest BCUT2D eigenvalue weighted by atomic mass is 16.5. The van der Waals surface area contributed by atoms with Gasteiger partial charge in [-0.2, -0.15) is 0 Å². The summed E-state index contributed by atoms with van der Waals surface area (Å²) in [5.41, 5.74) is 4.03. The Morgan fingerprint density at radius 2 is 1.61 bits per heavy atom. The number of likely N-dealkylation sites (N-methyl/N-ethyl adjacent to an activating group) is 1. The first-order valence-corrected chi connectivity index (χ1v) is 15.7. The van der Waals surface area contributed by atoms with Crippen LogP contribution >= 0.6 is 0 Å². The number of amides is 2. The van der Waals surface area contributed by atoms with E-state index in [1.165, 1.54) is 0 Å². The Hall–Kier alpha value is -4.51. The summed E-state index contributed by atoms with van der Waals surface area (Å²) >= 11 is 0. The zero-order valence-corrected chi connectivity index (χ0v) is 27.2. The fourth-order valence-electron chi connectivity index (χ4n) is 5.89. The third-order valence-corrected chi connectivity index (χ3v) is 8.68. The lowest BCUT2D eigenvalue weighted by Gasteiger charge is -2.27. The standard InChI is InChI=1S/C35H44N4O7/c1-7-22(2)19-38-21-33(40)37(4)28-17-32(30(44-6)15-26(28)34(38)41)46-12-10-8-9-11-45-31-16-27-25(14-29(31)43-5)35(42)39-20-23(3)13-24(39)18-36-27/h14-18,24,33,40H,2-3,7-13,19-21H2,1,4-6H3. The Balaban J connectivity index is 1.16. The zero-order chi connectivity index (χ0) is 33.0. The summed E-state index contributed by atoms with van der Waals surface area (Å²) in [6.07, 6.45) is 4.78. The van der Waals surface area contributed by atoms with Gasteiger partial charge in [-0.05, 0) is 44.2 Å². The van der Waals surface area contributed by atoms with Gasteiger partial charge in [0.05, 0.1) is 62.5 Å². The molecule has 2 amide bonds. The first-order valence-electron chi connectivity index (χ1n) is 15.7. The predicted octanol–water partition coefficient (Wildman–Crippen LogP) is 5.00. The summed E-state index contributed by atoms with van der Waals surface area (Å²) in [6, 6.07) is 6.84. The molecule has 3 aliphatic heterocycles. The maximum Gasteiger partial charge on any atom is 0.257 e. The minimum atomic E-state index is -0.875. The largest absolute Gasteiger partial charge is 0.493 e. The zero-order valence-electron chi connectivity index (χ0n) is 27.2. The van der Waals surface area contributed by atoms with Crippen LogP contribution in [-0.4, -0.2) is 99.3 Å². The average Bonchev–Trinajstić information content (AvgIpc) is 3.35. The monoisotopic (exact) mass is 632 g/mol. The first-order chi connectivity index (χ1) is 22.1. The molecule has 11 nitrogen and oxygen atoms in total. The molecule has 3 heterocycles. The maximum atomic E-state index is 13.4. The van der Waals surface area contributed by atoms with Gasteiger partial charge >= 0.3 is 0 Å². The van der Waals surface area contributed by atoms with Crippen molar-refractivity contribution in [2.24, 2.45) is 4.99 Å². The van der Waals surface area contributed by atoms with Crippen LogP contribution in [0.25, 0.3) is 0 Å². The third kappa shape index (κ3) is 6.84. The SMILES string of the molecule is C=C(CC)CN1CC(O)N(C)c2cc(OCCCCCOc3cc4c(cc3OC)C(=O)N3CC(=C)CC3C=N4)c(OC)cc2C1=O. The molecule has 2 aromatic carbocycles. The van der Waals surface area contributed by atoms with E-state index >= 15 is 0 Å². The molecule has 0 bridgehead atoms. The summed E-state index contributed by atoms with van der Waals surface area (Å²) in [5.74, 6) is 1.73. The molecule has 0 aliphatic carbocycles. The number of carbonyl (C=O) groups is 2. The van der Waals surface area contributed by atoms with Crippen molar-refractivity contribution in [3.05, 3.63) is 59.7 Å². The molecule has 11 heteroatoms. The summed E-state index contributed by atoms with van der Waals surface area (Å²) in [6.45, 7) is 12.0. The Morgan fingerprint density at radius 3 is 2.26 bits per heavy atom. The van der Waals surface area contributed by atoms with Gasteiger partial charge in [-0.1, -0.05) is 31.2 Å². The van der Waals surface area contributed by atoms with E-state index in [4.69, 9.17) is 18.9 Å². The van der Waals surface area contributed by atoms with Gasteiger partial charge in [0.15, 0.2) is 23.0 Å². The van der Waals surface area contributed by atoms with Crippen LogP contribution in [0.1, 0.15) is 59.7 Å². The van der Waals surface area contributed by atoms with E-state index in [1.807, 2.05) is 13.1 Å². The van der Waals surface area contributed by atoms with Crippen LogP contribution in [-0.2, 0) is 0 Å².